The molecule has 0 aliphatic rings. The van der Waals surface area contributed by atoms with E-state index in [0.717, 1.165) is 0 Å². The number of pyridine rings is 1. The fourth-order valence-corrected chi connectivity index (χ4v) is 2.19. The molecule has 0 atom stereocenters. The van der Waals surface area contributed by atoms with Gasteiger partial charge < -0.3 is 0 Å². The van der Waals surface area contributed by atoms with Crippen molar-refractivity contribution in [1.29, 1.82) is 0 Å². The van der Waals surface area contributed by atoms with Gasteiger partial charge in [0.25, 0.3) is 6.43 Å². The predicted octanol–water partition coefficient (Wildman–Crippen LogP) is 4.02. The standard InChI is InChI=1S/C7H4Cl2F2IN/c8-1-4-6(9)5(7(10)11)3(12)2-13-4/h2,7H,1H2. The summed E-state index contributed by atoms with van der Waals surface area (Å²) in [6.45, 7) is 0. The zero-order valence-electron chi connectivity index (χ0n) is 6.20. The zero-order chi connectivity index (χ0) is 10.0. The van der Waals surface area contributed by atoms with Crippen molar-refractivity contribution in [2.24, 2.45) is 0 Å². The van der Waals surface area contributed by atoms with Crippen LogP contribution in [-0.2, 0) is 5.88 Å². The summed E-state index contributed by atoms with van der Waals surface area (Å²) >= 11 is 12.9. The van der Waals surface area contributed by atoms with Gasteiger partial charge in [-0.05, 0) is 22.6 Å². The Morgan fingerprint density at radius 2 is 2.15 bits per heavy atom. The number of hydrogen-bond acceptors (Lipinski definition) is 1. The fourth-order valence-electron chi connectivity index (χ4n) is 0.814. The maximum absolute atomic E-state index is 12.4. The largest absolute Gasteiger partial charge is 0.266 e. The molecule has 72 valence electrons. The Bertz CT molecular complexity index is 320. The van der Waals surface area contributed by atoms with Crippen LogP contribution in [0.4, 0.5) is 8.78 Å². The molecule has 1 nitrogen and oxygen atoms in total. The van der Waals surface area contributed by atoms with E-state index >= 15 is 0 Å². The van der Waals surface area contributed by atoms with Crippen LogP contribution in [0.3, 0.4) is 0 Å². The van der Waals surface area contributed by atoms with E-state index in [2.05, 4.69) is 4.98 Å². The van der Waals surface area contributed by atoms with Gasteiger partial charge in [0.15, 0.2) is 0 Å². The average molecular weight is 338 g/mol. The highest BCUT2D eigenvalue weighted by Crippen LogP contribution is 2.32. The Kier molecular flexibility index (Phi) is 4.12. The van der Waals surface area contributed by atoms with Crippen LogP contribution in [-0.4, -0.2) is 4.98 Å². The summed E-state index contributed by atoms with van der Waals surface area (Å²) in [6.07, 6.45) is -1.25. The first-order valence-electron chi connectivity index (χ1n) is 3.24. The minimum atomic E-state index is -2.59. The van der Waals surface area contributed by atoms with Crippen LogP contribution in [0.15, 0.2) is 6.20 Å². The van der Waals surface area contributed by atoms with Crippen LogP contribution in [0, 0.1) is 3.57 Å². The Labute approximate surface area is 97.6 Å². The summed E-state index contributed by atoms with van der Waals surface area (Å²) in [5, 5.41) is -0.0306. The van der Waals surface area contributed by atoms with Crippen LogP contribution < -0.4 is 0 Å². The fraction of sp³-hybridized carbons (Fsp3) is 0.286. The van der Waals surface area contributed by atoms with Crippen LogP contribution >= 0.6 is 45.8 Å². The molecule has 0 bridgehead atoms. The van der Waals surface area contributed by atoms with Crippen molar-refractivity contribution < 1.29 is 8.78 Å². The number of alkyl halides is 3. The molecule has 0 aliphatic heterocycles. The van der Waals surface area contributed by atoms with Gasteiger partial charge in [0.05, 0.1) is 22.2 Å². The SMILES string of the molecule is FC(F)c1c(I)cnc(CCl)c1Cl. The first kappa shape index (κ1) is 11.4. The van der Waals surface area contributed by atoms with Crippen molar-refractivity contribution in [3.8, 4) is 0 Å². The Morgan fingerprint density at radius 3 is 2.62 bits per heavy atom. The van der Waals surface area contributed by atoms with Crippen LogP contribution in [0.1, 0.15) is 17.7 Å². The van der Waals surface area contributed by atoms with Crippen LogP contribution in [0.25, 0.3) is 0 Å². The Morgan fingerprint density at radius 1 is 1.54 bits per heavy atom. The number of nitrogens with zero attached hydrogens (tertiary/aromatic N) is 1. The van der Waals surface area contributed by atoms with Crippen molar-refractivity contribution in [2.75, 3.05) is 0 Å². The zero-order valence-corrected chi connectivity index (χ0v) is 9.87. The molecule has 0 saturated carbocycles. The molecule has 0 amide bonds. The molecule has 6 heteroatoms. The second-order valence-electron chi connectivity index (χ2n) is 2.21. The van der Waals surface area contributed by atoms with Gasteiger partial charge in [0.2, 0.25) is 0 Å². The van der Waals surface area contributed by atoms with E-state index in [0.29, 0.717) is 9.26 Å². The molecular weight excluding hydrogens is 334 g/mol. The molecule has 1 aromatic rings. The molecule has 0 unspecified atom stereocenters. The third kappa shape index (κ3) is 2.41. The lowest BCUT2D eigenvalue weighted by Crippen LogP contribution is -1.97. The van der Waals surface area contributed by atoms with Crippen LogP contribution in [0.2, 0.25) is 5.02 Å². The van der Waals surface area contributed by atoms with E-state index in [9.17, 15) is 8.78 Å². The quantitative estimate of drug-likeness (QED) is 0.587. The van der Waals surface area contributed by atoms with E-state index in [-0.39, 0.29) is 16.5 Å². The first-order chi connectivity index (χ1) is 6.07. The summed E-state index contributed by atoms with van der Waals surface area (Å²) in [6, 6.07) is 0. The topological polar surface area (TPSA) is 12.9 Å². The maximum atomic E-state index is 12.4. The molecule has 1 heterocycles. The van der Waals surface area contributed by atoms with Crippen molar-refractivity contribution >= 4 is 45.8 Å². The van der Waals surface area contributed by atoms with Crippen molar-refractivity contribution in [1.82, 2.24) is 4.98 Å². The van der Waals surface area contributed by atoms with Gasteiger partial charge in [-0.1, -0.05) is 11.6 Å². The molecule has 0 aliphatic carbocycles. The smallest absolute Gasteiger partial charge is 0.257 e. The van der Waals surface area contributed by atoms with Gasteiger partial charge >= 0.3 is 0 Å². The minimum Gasteiger partial charge on any atom is -0.257 e. The van der Waals surface area contributed by atoms with Crippen LogP contribution in [0.5, 0.6) is 0 Å². The number of rotatable bonds is 2. The summed E-state index contributed by atoms with van der Waals surface area (Å²) in [5.41, 5.74) is 0.104. The van der Waals surface area contributed by atoms with E-state index in [1.165, 1.54) is 6.20 Å². The molecule has 0 N–H and O–H groups in total. The molecule has 0 aromatic carbocycles. The average Bonchev–Trinajstić information content (AvgIpc) is 2.04. The normalized spacial score (nSPS) is 10.9. The van der Waals surface area contributed by atoms with Crippen molar-refractivity contribution in [2.45, 2.75) is 12.3 Å². The van der Waals surface area contributed by atoms with E-state index < -0.39 is 6.43 Å². The second kappa shape index (κ2) is 4.70. The lowest BCUT2D eigenvalue weighted by molar-refractivity contribution is 0.150. The lowest BCUT2D eigenvalue weighted by Gasteiger charge is -2.07. The molecular formula is C7H4Cl2F2IN. The van der Waals surface area contributed by atoms with Gasteiger partial charge in [0, 0.05) is 9.77 Å². The monoisotopic (exact) mass is 337 g/mol. The lowest BCUT2D eigenvalue weighted by atomic mass is 10.2. The van der Waals surface area contributed by atoms with E-state index in [4.69, 9.17) is 23.2 Å². The third-order valence-electron chi connectivity index (χ3n) is 1.43. The predicted molar refractivity (Wildman–Crippen MR) is 56.5 cm³/mol. The molecule has 1 rings (SSSR count). The molecule has 0 radical (unpaired) electrons. The molecule has 0 saturated heterocycles. The maximum Gasteiger partial charge on any atom is 0.266 e. The highest BCUT2D eigenvalue weighted by molar-refractivity contribution is 14.1. The highest BCUT2D eigenvalue weighted by atomic mass is 127. The first-order valence-corrected chi connectivity index (χ1v) is 5.24. The highest BCUT2D eigenvalue weighted by Gasteiger charge is 2.18. The molecule has 0 spiro atoms. The molecule has 1 aromatic heterocycles. The third-order valence-corrected chi connectivity index (χ3v) is 2.96. The van der Waals surface area contributed by atoms with Gasteiger partial charge in [-0.3, -0.25) is 4.98 Å². The summed E-state index contributed by atoms with van der Waals surface area (Å²) < 4.78 is 25.2. The van der Waals surface area contributed by atoms with E-state index in [1.807, 2.05) is 0 Å². The Hall–Kier alpha value is 0.320. The van der Waals surface area contributed by atoms with Gasteiger partial charge in [-0.15, -0.1) is 11.6 Å². The summed E-state index contributed by atoms with van der Waals surface area (Å²) in [5.74, 6) is 0.0372. The number of aromatic nitrogens is 1. The molecule has 0 fully saturated rings. The van der Waals surface area contributed by atoms with E-state index in [1.54, 1.807) is 22.6 Å². The van der Waals surface area contributed by atoms with Gasteiger partial charge in [-0.2, -0.15) is 0 Å². The van der Waals surface area contributed by atoms with Crippen molar-refractivity contribution in [3.05, 3.63) is 26.0 Å². The van der Waals surface area contributed by atoms with Crippen molar-refractivity contribution in [3.63, 3.8) is 0 Å². The minimum absolute atomic E-state index is 0.0306. The van der Waals surface area contributed by atoms with Gasteiger partial charge in [-0.25, -0.2) is 8.78 Å². The summed E-state index contributed by atoms with van der Waals surface area (Å²) in [4.78, 5) is 3.83. The summed E-state index contributed by atoms with van der Waals surface area (Å²) in [7, 11) is 0. The number of halogens is 5. The molecule has 13 heavy (non-hydrogen) atoms. The van der Waals surface area contributed by atoms with Gasteiger partial charge in [0.1, 0.15) is 0 Å². The number of hydrogen-bond donors (Lipinski definition) is 0. The Balaban J connectivity index is 3.30. The second-order valence-corrected chi connectivity index (χ2v) is 4.02.